The van der Waals surface area contributed by atoms with Crippen molar-refractivity contribution in [2.75, 3.05) is 19.4 Å². The molecule has 22 heavy (non-hydrogen) atoms. The summed E-state index contributed by atoms with van der Waals surface area (Å²) in [5.41, 5.74) is 0.924. The quantitative estimate of drug-likeness (QED) is 0.577. The summed E-state index contributed by atoms with van der Waals surface area (Å²) in [7, 11) is 1.63. The van der Waals surface area contributed by atoms with Gasteiger partial charge in [0, 0.05) is 12.1 Å². The fraction of sp³-hybridized carbons (Fsp3) is 0.400. The minimum absolute atomic E-state index is 0.00856. The molecule has 0 unspecified atom stereocenters. The molecule has 6 nitrogen and oxygen atoms in total. The monoisotopic (exact) mass is 320 g/mol. The first kappa shape index (κ1) is 16.4. The molecule has 1 aromatic carbocycles. The van der Waals surface area contributed by atoms with Gasteiger partial charge < -0.3 is 10.1 Å². The van der Waals surface area contributed by atoms with Crippen molar-refractivity contribution in [3.05, 3.63) is 24.3 Å². The third-order valence-electron chi connectivity index (χ3n) is 3.01. The molecular weight excluding hydrogens is 300 g/mol. The predicted molar refractivity (Wildman–Crippen MR) is 87.0 cm³/mol. The van der Waals surface area contributed by atoms with Gasteiger partial charge in [-0.15, -0.1) is 5.10 Å². The Morgan fingerprint density at radius 2 is 2.14 bits per heavy atom. The lowest BCUT2D eigenvalue weighted by molar-refractivity contribution is -0.118. The minimum Gasteiger partial charge on any atom is -0.497 e. The number of amides is 1. The average Bonchev–Trinajstić information content (AvgIpc) is 3.02. The molecule has 1 amide bonds. The highest BCUT2D eigenvalue weighted by atomic mass is 32.2. The Kier molecular flexibility index (Phi) is 6.27. The van der Waals surface area contributed by atoms with Gasteiger partial charge in [0.25, 0.3) is 0 Å². The van der Waals surface area contributed by atoms with Crippen molar-refractivity contribution >= 4 is 17.7 Å². The number of nitrogens with one attached hydrogen (secondary N) is 2. The lowest BCUT2D eigenvalue weighted by Gasteiger charge is -2.01. The van der Waals surface area contributed by atoms with E-state index in [0.29, 0.717) is 16.7 Å². The van der Waals surface area contributed by atoms with Crippen molar-refractivity contribution in [2.45, 2.75) is 24.9 Å². The van der Waals surface area contributed by atoms with Gasteiger partial charge in [0.1, 0.15) is 5.75 Å². The van der Waals surface area contributed by atoms with Crippen LogP contribution in [0.2, 0.25) is 0 Å². The molecule has 1 heterocycles. The normalized spacial score (nSPS) is 10.5. The summed E-state index contributed by atoms with van der Waals surface area (Å²) in [4.78, 5) is 16.0. The molecule has 0 bridgehead atoms. The number of rotatable bonds is 8. The molecular formula is C15H20N4O2S. The van der Waals surface area contributed by atoms with Gasteiger partial charge in [-0.2, -0.15) is 0 Å². The van der Waals surface area contributed by atoms with Crippen LogP contribution in [-0.4, -0.2) is 40.5 Å². The first-order valence-electron chi connectivity index (χ1n) is 7.19. The zero-order valence-electron chi connectivity index (χ0n) is 12.8. The van der Waals surface area contributed by atoms with Crippen LogP contribution in [-0.2, 0) is 4.79 Å². The number of carbonyl (C=O) groups is 1. The average molecular weight is 320 g/mol. The van der Waals surface area contributed by atoms with Crippen molar-refractivity contribution in [1.82, 2.24) is 20.5 Å². The number of carbonyl (C=O) groups excluding carboxylic acids is 1. The maximum atomic E-state index is 11.6. The van der Waals surface area contributed by atoms with Gasteiger partial charge >= 0.3 is 0 Å². The van der Waals surface area contributed by atoms with Crippen LogP contribution in [0.25, 0.3) is 11.4 Å². The zero-order valence-corrected chi connectivity index (χ0v) is 13.6. The standard InChI is InChI=1S/C15H20N4O2S/c1-3-4-9-16-13(20)10-22-15-17-14(18-19-15)11-5-7-12(21-2)8-6-11/h5-8H,3-4,9-10H2,1-2H3,(H,16,20)(H,17,18,19). The van der Waals surface area contributed by atoms with E-state index in [1.807, 2.05) is 24.3 Å². The Labute approximate surface area is 134 Å². The van der Waals surface area contributed by atoms with Crippen molar-refractivity contribution < 1.29 is 9.53 Å². The molecule has 1 aromatic heterocycles. The van der Waals surface area contributed by atoms with Crippen LogP contribution in [0, 0.1) is 0 Å². The molecule has 2 N–H and O–H groups in total. The smallest absolute Gasteiger partial charge is 0.230 e. The topological polar surface area (TPSA) is 79.9 Å². The van der Waals surface area contributed by atoms with E-state index in [1.165, 1.54) is 11.8 Å². The molecule has 0 aliphatic rings. The Hall–Kier alpha value is -2.02. The molecule has 0 atom stereocenters. The summed E-state index contributed by atoms with van der Waals surface area (Å²) in [6.07, 6.45) is 2.07. The van der Waals surface area contributed by atoms with Crippen LogP contribution >= 0.6 is 11.8 Å². The SMILES string of the molecule is CCCCNC(=O)CSc1n[nH]c(-c2ccc(OC)cc2)n1. The van der Waals surface area contributed by atoms with Crippen LogP contribution in [0.1, 0.15) is 19.8 Å². The van der Waals surface area contributed by atoms with Gasteiger partial charge in [-0.05, 0) is 30.7 Å². The number of aromatic amines is 1. The third-order valence-corrected chi connectivity index (χ3v) is 3.86. The van der Waals surface area contributed by atoms with Gasteiger partial charge in [0.15, 0.2) is 5.82 Å². The summed E-state index contributed by atoms with van der Waals surface area (Å²) in [6.45, 7) is 2.82. The van der Waals surface area contributed by atoms with E-state index >= 15 is 0 Å². The highest BCUT2D eigenvalue weighted by molar-refractivity contribution is 7.99. The number of aromatic nitrogens is 3. The Bertz CT molecular complexity index is 598. The molecule has 118 valence electrons. The molecule has 2 rings (SSSR count). The van der Waals surface area contributed by atoms with Crippen LogP contribution in [0.5, 0.6) is 5.75 Å². The fourth-order valence-corrected chi connectivity index (χ4v) is 2.40. The van der Waals surface area contributed by atoms with E-state index in [9.17, 15) is 4.79 Å². The summed E-state index contributed by atoms with van der Waals surface area (Å²) in [5.74, 6) is 1.80. The van der Waals surface area contributed by atoms with Gasteiger partial charge in [-0.3, -0.25) is 9.89 Å². The number of hydrogen-bond acceptors (Lipinski definition) is 5. The van der Waals surface area contributed by atoms with Crippen molar-refractivity contribution in [3.63, 3.8) is 0 Å². The summed E-state index contributed by atoms with van der Waals surface area (Å²) in [5, 5.41) is 10.4. The van der Waals surface area contributed by atoms with Gasteiger partial charge in [-0.25, -0.2) is 4.98 Å². The molecule has 0 aliphatic heterocycles. The maximum Gasteiger partial charge on any atom is 0.230 e. The van der Waals surface area contributed by atoms with Gasteiger partial charge in [-0.1, -0.05) is 25.1 Å². The number of benzene rings is 1. The molecule has 0 aliphatic carbocycles. The van der Waals surface area contributed by atoms with Gasteiger partial charge in [0.05, 0.1) is 12.9 Å². The summed E-state index contributed by atoms with van der Waals surface area (Å²) >= 11 is 1.32. The van der Waals surface area contributed by atoms with Crippen LogP contribution in [0.3, 0.4) is 0 Å². The Balaban J connectivity index is 1.86. The molecule has 0 saturated carbocycles. The Morgan fingerprint density at radius 3 is 2.82 bits per heavy atom. The third kappa shape index (κ3) is 4.77. The summed E-state index contributed by atoms with van der Waals surface area (Å²) in [6, 6.07) is 7.55. The molecule has 7 heteroatoms. The van der Waals surface area contributed by atoms with E-state index in [1.54, 1.807) is 7.11 Å². The number of thioether (sulfide) groups is 1. The number of ether oxygens (including phenoxy) is 1. The number of nitrogens with zero attached hydrogens (tertiary/aromatic N) is 2. The Morgan fingerprint density at radius 1 is 1.36 bits per heavy atom. The lowest BCUT2D eigenvalue weighted by atomic mass is 10.2. The van der Waals surface area contributed by atoms with Gasteiger partial charge in [0.2, 0.25) is 11.1 Å². The van der Waals surface area contributed by atoms with Crippen LogP contribution in [0.4, 0.5) is 0 Å². The number of unbranched alkanes of at least 4 members (excludes halogenated alkanes) is 1. The largest absolute Gasteiger partial charge is 0.497 e. The van der Waals surface area contributed by atoms with Crippen molar-refractivity contribution in [1.29, 1.82) is 0 Å². The van der Waals surface area contributed by atoms with Crippen molar-refractivity contribution in [3.8, 4) is 17.1 Å². The van der Waals surface area contributed by atoms with E-state index in [-0.39, 0.29) is 5.91 Å². The lowest BCUT2D eigenvalue weighted by Crippen LogP contribution is -2.26. The van der Waals surface area contributed by atoms with E-state index < -0.39 is 0 Å². The van der Waals surface area contributed by atoms with Crippen molar-refractivity contribution in [2.24, 2.45) is 0 Å². The molecule has 0 saturated heterocycles. The second kappa shape index (κ2) is 8.43. The predicted octanol–water partition coefficient (Wildman–Crippen LogP) is 2.49. The zero-order chi connectivity index (χ0) is 15.8. The fourth-order valence-electron chi connectivity index (χ4n) is 1.77. The number of methoxy groups -OCH3 is 1. The highest BCUT2D eigenvalue weighted by Crippen LogP contribution is 2.21. The first-order chi connectivity index (χ1) is 10.7. The second-order valence-corrected chi connectivity index (χ2v) is 5.63. The maximum absolute atomic E-state index is 11.6. The molecule has 2 aromatic rings. The number of H-pyrrole nitrogens is 1. The van der Waals surface area contributed by atoms with E-state index in [4.69, 9.17) is 4.74 Å². The van der Waals surface area contributed by atoms with Crippen LogP contribution in [0.15, 0.2) is 29.4 Å². The second-order valence-electron chi connectivity index (χ2n) is 4.69. The minimum atomic E-state index is 0.00856. The molecule has 0 spiro atoms. The van der Waals surface area contributed by atoms with E-state index in [0.717, 1.165) is 30.7 Å². The highest BCUT2D eigenvalue weighted by Gasteiger charge is 2.08. The van der Waals surface area contributed by atoms with Crippen LogP contribution < -0.4 is 10.1 Å². The first-order valence-corrected chi connectivity index (χ1v) is 8.17. The molecule has 0 radical (unpaired) electrons. The number of hydrogen-bond donors (Lipinski definition) is 2. The summed E-state index contributed by atoms with van der Waals surface area (Å²) < 4.78 is 5.12. The van der Waals surface area contributed by atoms with E-state index in [2.05, 4.69) is 27.4 Å². The molecule has 0 fully saturated rings.